The molecular weight excluding hydrogens is 618 g/mol. The smallest absolute Gasteiger partial charge is 0.326 e. The van der Waals surface area contributed by atoms with E-state index in [1.165, 1.54) is 0 Å². The number of fused-ring (bicyclic) bond motifs is 2. The number of benzene rings is 2. The van der Waals surface area contributed by atoms with Crippen LogP contribution in [-0.2, 0) is 4.79 Å². The van der Waals surface area contributed by atoms with E-state index < -0.39 is 23.6 Å². The van der Waals surface area contributed by atoms with Crippen LogP contribution in [0.25, 0.3) is 21.9 Å². The number of nitrogens with zero attached hydrogens (tertiary/aromatic N) is 3. The van der Waals surface area contributed by atoms with Crippen molar-refractivity contribution < 1.29 is 19.2 Å². The van der Waals surface area contributed by atoms with Gasteiger partial charge in [-0.3, -0.25) is 9.36 Å². The number of urea groups is 1. The first-order chi connectivity index (χ1) is 23.1. The molecule has 1 aliphatic heterocycles. The van der Waals surface area contributed by atoms with Crippen LogP contribution < -0.4 is 16.3 Å². The molecule has 1 aliphatic rings. The van der Waals surface area contributed by atoms with Crippen molar-refractivity contribution >= 4 is 33.9 Å². The molecule has 1 saturated heterocycles. The molecule has 266 valence electrons. The summed E-state index contributed by atoms with van der Waals surface area (Å²) in [4.78, 5) is 49.1. The van der Waals surface area contributed by atoms with Crippen LogP contribution in [0.3, 0.4) is 0 Å². The van der Waals surface area contributed by atoms with E-state index in [4.69, 9.17) is 0 Å². The van der Waals surface area contributed by atoms with Gasteiger partial charge in [0.25, 0.3) is 0 Å². The number of carbonyl (C=O) groups excluding carboxylic acids is 2. The number of H-pyrrole nitrogens is 2. The fourth-order valence-corrected chi connectivity index (χ4v) is 7.19. The van der Waals surface area contributed by atoms with Gasteiger partial charge in [-0.15, -0.1) is 0 Å². The maximum atomic E-state index is 14.3. The number of nitrogens with one attached hydrogen (secondary N) is 4. The monoisotopic (exact) mass is 674 g/mol. The second-order valence-electron chi connectivity index (χ2n) is 16.0. The first-order valence-corrected chi connectivity index (χ1v) is 17.7. The van der Waals surface area contributed by atoms with E-state index in [2.05, 4.69) is 41.7 Å². The number of quaternary nitrogens is 1. The second-order valence-corrected chi connectivity index (χ2v) is 16.0. The van der Waals surface area contributed by atoms with Crippen molar-refractivity contribution in [3.05, 3.63) is 70.8 Å². The van der Waals surface area contributed by atoms with Gasteiger partial charge >= 0.3 is 11.7 Å². The average molecular weight is 675 g/mol. The number of aliphatic hydroxyl groups excluding tert-OH is 1. The lowest BCUT2D eigenvalue weighted by molar-refractivity contribution is -0.870. The lowest BCUT2D eigenvalue weighted by Crippen LogP contribution is -2.58. The quantitative estimate of drug-likeness (QED) is 0.106. The molecule has 4 atom stereocenters. The standard InChI is InChI=1S/C38H55N7O4/c1-25(28-24-39-29-15-9-8-14-27(28)29)33(35(47)40-31(34(46)38(2,3)4)17-12-13-23-45(5,6)7)42-36(48)43-21-19-26(20-22-43)44-32-18-11-10-16-30(32)41-37(44)49/h8-11,14-16,18,24-26,31,33-34,39,46H,12-13,17,19-23H2,1-7H3,(H2-,40,41,42,47,48,49)/p+1/t25-,31?,33+,34-/m0/s1. The number of likely N-dealkylation sites (tertiary alicyclic amines) is 1. The van der Waals surface area contributed by atoms with Crippen LogP contribution in [0, 0.1) is 5.41 Å². The molecule has 0 bridgehead atoms. The van der Waals surface area contributed by atoms with Crippen molar-refractivity contribution in [1.82, 2.24) is 30.1 Å². The molecule has 5 N–H and O–H groups in total. The Bertz CT molecular complexity index is 1780. The molecule has 0 radical (unpaired) electrons. The molecule has 1 fully saturated rings. The summed E-state index contributed by atoms with van der Waals surface area (Å²) in [6, 6.07) is 13.9. The van der Waals surface area contributed by atoms with E-state index in [9.17, 15) is 19.5 Å². The third-order valence-electron chi connectivity index (χ3n) is 10.1. The van der Waals surface area contributed by atoms with Gasteiger partial charge in [0.05, 0.1) is 50.9 Å². The predicted molar refractivity (Wildman–Crippen MR) is 196 cm³/mol. The highest BCUT2D eigenvalue weighted by Gasteiger charge is 2.37. The number of hydrogen-bond acceptors (Lipinski definition) is 4. The summed E-state index contributed by atoms with van der Waals surface area (Å²) in [5.41, 5.74) is 2.97. The number of para-hydroxylation sites is 3. The first-order valence-electron chi connectivity index (χ1n) is 17.7. The van der Waals surface area contributed by atoms with Crippen LogP contribution in [0.15, 0.2) is 59.5 Å². The third-order valence-corrected chi connectivity index (χ3v) is 10.1. The number of aromatic nitrogens is 3. The van der Waals surface area contributed by atoms with Gasteiger partial charge < -0.3 is 35.1 Å². The van der Waals surface area contributed by atoms with Crippen molar-refractivity contribution in [2.45, 2.75) is 89.9 Å². The van der Waals surface area contributed by atoms with Crippen molar-refractivity contribution in [3.63, 3.8) is 0 Å². The lowest BCUT2D eigenvalue weighted by atomic mass is 9.82. The summed E-state index contributed by atoms with van der Waals surface area (Å²) in [7, 11) is 6.48. The predicted octanol–water partition coefficient (Wildman–Crippen LogP) is 5.10. The van der Waals surface area contributed by atoms with Crippen LogP contribution in [-0.4, -0.2) is 99.9 Å². The van der Waals surface area contributed by atoms with Gasteiger partial charge in [-0.25, -0.2) is 9.59 Å². The van der Waals surface area contributed by atoms with Gasteiger partial charge in [-0.05, 0) is 61.3 Å². The Kier molecular flexibility index (Phi) is 10.9. The van der Waals surface area contributed by atoms with Gasteiger partial charge in [0.1, 0.15) is 6.04 Å². The summed E-state index contributed by atoms with van der Waals surface area (Å²) < 4.78 is 2.66. The Hall–Kier alpha value is -4.09. The molecule has 3 heterocycles. The van der Waals surface area contributed by atoms with E-state index in [1.54, 1.807) is 9.47 Å². The number of rotatable bonds is 12. The van der Waals surface area contributed by atoms with Crippen LogP contribution in [0.4, 0.5) is 4.79 Å². The second kappa shape index (κ2) is 14.8. The highest BCUT2D eigenvalue weighted by atomic mass is 16.3. The number of amides is 3. The molecule has 5 rings (SSSR count). The van der Waals surface area contributed by atoms with Gasteiger partial charge in [-0.2, -0.15) is 0 Å². The van der Waals surface area contributed by atoms with Gasteiger partial charge in [0.2, 0.25) is 5.91 Å². The summed E-state index contributed by atoms with van der Waals surface area (Å²) in [6.45, 7) is 9.80. The van der Waals surface area contributed by atoms with Crippen LogP contribution in [0.2, 0.25) is 0 Å². The Balaban J connectivity index is 1.34. The van der Waals surface area contributed by atoms with Crippen LogP contribution >= 0.6 is 0 Å². The Morgan fingerprint density at radius 1 is 0.980 bits per heavy atom. The lowest BCUT2D eigenvalue weighted by Gasteiger charge is -2.37. The van der Waals surface area contributed by atoms with Crippen LogP contribution in [0.5, 0.6) is 0 Å². The number of imidazole rings is 1. The van der Waals surface area contributed by atoms with Gasteiger partial charge in [0.15, 0.2) is 0 Å². The molecule has 11 heteroatoms. The largest absolute Gasteiger partial charge is 0.390 e. The fraction of sp³-hybridized carbons (Fsp3) is 0.553. The summed E-state index contributed by atoms with van der Waals surface area (Å²) >= 11 is 0. The molecule has 1 unspecified atom stereocenters. The number of hydrogen-bond donors (Lipinski definition) is 5. The minimum atomic E-state index is -0.887. The van der Waals surface area contributed by atoms with Crippen molar-refractivity contribution in [2.24, 2.45) is 5.41 Å². The zero-order valence-electron chi connectivity index (χ0n) is 30.3. The molecule has 4 aromatic rings. The number of aliphatic hydroxyl groups is 1. The Labute approximate surface area is 289 Å². The number of carbonyl (C=O) groups is 2. The SMILES string of the molecule is C[C@@H](c1c[nH]c2ccccc12)[C@@H](NC(=O)N1CCC(n2c(=O)[nH]c3ccccc32)CC1)C(=O)NC(CCCC[N+](C)(C)C)[C@H](O)C(C)(C)C. The molecule has 2 aromatic heterocycles. The number of unbranched alkanes of at least 4 members (excludes halogenated alkanes) is 1. The molecule has 49 heavy (non-hydrogen) atoms. The summed E-state index contributed by atoms with van der Waals surface area (Å²) in [5.74, 6) is -0.681. The summed E-state index contributed by atoms with van der Waals surface area (Å²) in [6.07, 6.45) is 4.85. The zero-order chi connectivity index (χ0) is 35.5. The van der Waals surface area contributed by atoms with E-state index >= 15 is 0 Å². The molecular formula is C38H56N7O4+. The molecule has 0 aliphatic carbocycles. The Morgan fingerprint density at radius 3 is 2.31 bits per heavy atom. The van der Waals surface area contributed by atoms with E-state index in [1.807, 2.05) is 82.4 Å². The molecule has 11 nitrogen and oxygen atoms in total. The molecule has 0 saturated carbocycles. The topological polar surface area (TPSA) is 135 Å². The molecule has 2 aromatic carbocycles. The van der Waals surface area contributed by atoms with E-state index in [0.29, 0.717) is 32.4 Å². The van der Waals surface area contributed by atoms with Crippen molar-refractivity contribution in [3.8, 4) is 0 Å². The third kappa shape index (κ3) is 8.56. The van der Waals surface area contributed by atoms with E-state index in [-0.39, 0.29) is 29.6 Å². The summed E-state index contributed by atoms with van der Waals surface area (Å²) in [5, 5.41) is 18.7. The number of aromatic amines is 2. The zero-order valence-corrected chi connectivity index (χ0v) is 30.3. The normalized spacial score (nSPS) is 17.2. The maximum absolute atomic E-state index is 14.3. The molecule has 0 spiro atoms. The van der Waals surface area contributed by atoms with E-state index in [0.717, 1.165) is 51.4 Å². The Morgan fingerprint density at radius 2 is 1.63 bits per heavy atom. The highest BCUT2D eigenvalue weighted by molar-refractivity contribution is 5.90. The van der Waals surface area contributed by atoms with Crippen molar-refractivity contribution in [2.75, 3.05) is 40.8 Å². The van der Waals surface area contributed by atoms with Gasteiger partial charge in [-0.1, -0.05) is 58.0 Å². The van der Waals surface area contributed by atoms with Gasteiger partial charge in [0, 0.05) is 42.1 Å². The van der Waals surface area contributed by atoms with Crippen LogP contribution in [0.1, 0.15) is 77.3 Å². The van der Waals surface area contributed by atoms with Crippen molar-refractivity contribution in [1.29, 1.82) is 0 Å². The maximum Gasteiger partial charge on any atom is 0.326 e. The highest BCUT2D eigenvalue weighted by Crippen LogP contribution is 2.30. The number of piperidine rings is 1. The first kappa shape index (κ1) is 36.2. The molecule has 3 amide bonds. The minimum absolute atomic E-state index is 0.0336. The average Bonchev–Trinajstić information content (AvgIpc) is 3.63. The fourth-order valence-electron chi connectivity index (χ4n) is 7.19. The minimum Gasteiger partial charge on any atom is -0.390 e.